The Bertz CT molecular complexity index is 439. The predicted molar refractivity (Wildman–Crippen MR) is 82.0 cm³/mol. The van der Waals surface area contributed by atoms with Crippen molar-refractivity contribution in [3.05, 3.63) is 12.7 Å². The second-order valence-corrected chi connectivity index (χ2v) is 6.20. The fraction of sp³-hybridized carbons (Fsp3) is 0.867. The van der Waals surface area contributed by atoms with E-state index in [-0.39, 0.29) is 12.2 Å². The predicted octanol–water partition coefficient (Wildman–Crippen LogP) is -0.465. The normalized spacial score (nSPS) is 27.3. The summed E-state index contributed by atoms with van der Waals surface area (Å²) >= 11 is 0. The second kappa shape index (κ2) is 8.70. The molecule has 0 aromatic carbocycles. The van der Waals surface area contributed by atoms with E-state index in [0.717, 1.165) is 32.5 Å². The largest absolute Gasteiger partial charge is 0.389 e. The summed E-state index contributed by atoms with van der Waals surface area (Å²) in [6, 6.07) is 0. The van der Waals surface area contributed by atoms with Gasteiger partial charge in [0.15, 0.2) is 0 Å². The van der Waals surface area contributed by atoms with Gasteiger partial charge >= 0.3 is 0 Å². The first-order valence-corrected chi connectivity index (χ1v) is 8.33. The maximum Gasteiger partial charge on any atom is 0.137 e. The Hall–Kier alpha value is -1.06. The molecule has 2 aliphatic rings. The van der Waals surface area contributed by atoms with Gasteiger partial charge in [-0.2, -0.15) is 5.10 Å². The number of rotatable bonds is 8. The number of aromatic nitrogens is 3. The molecule has 0 aliphatic carbocycles. The van der Waals surface area contributed by atoms with Crippen molar-refractivity contribution in [2.45, 2.75) is 37.7 Å². The van der Waals surface area contributed by atoms with Gasteiger partial charge in [0.05, 0.1) is 44.7 Å². The Labute approximate surface area is 136 Å². The van der Waals surface area contributed by atoms with Crippen LogP contribution in [0.3, 0.4) is 0 Å². The Morgan fingerprint density at radius 1 is 1.30 bits per heavy atom. The first-order chi connectivity index (χ1) is 11.3. The van der Waals surface area contributed by atoms with E-state index in [1.54, 1.807) is 11.0 Å². The average molecular weight is 326 g/mol. The van der Waals surface area contributed by atoms with E-state index in [2.05, 4.69) is 15.0 Å². The summed E-state index contributed by atoms with van der Waals surface area (Å²) in [6.45, 7) is 5.32. The molecule has 3 atom stereocenters. The van der Waals surface area contributed by atoms with Crippen molar-refractivity contribution in [1.29, 1.82) is 0 Å². The zero-order valence-corrected chi connectivity index (χ0v) is 13.4. The Morgan fingerprint density at radius 3 is 3.00 bits per heavy atom. The Kier molecular flexibility index (Phi) is 6.35. The van der Waals surface area contributed by atoms with Crippen molar-refractivity contribution in [1.82, 2.24) is 19.7 Å². The van der Waals surface area contributed by atoms with Crippen LogP contribution in [0.2, 0.25) is 0 Å². The summed E-state index contributed by atoms with van der Waals surface area (Å²) in [6.07, 6.45) is 5.18. The van der Waals surface area contributed by atoms with Gasteiger partial charge < -0.3 is 19.3 Å². The van der Waals surface area contributed by atoms with Crippen LogP contribution < -0.4 is 0 Å². The highest BCUT2D eigenvalue weighted by molar-refractivity contribution is 4.75. The third-order valence-electron chi connectivity index (χ3n) is 4.19. The third kappa shape index (κ3) is 5.50. The number of hydrogen-bond donors (Lipinski definition) is 1. The second-order valence-electron chi connectivity index (χ2n) is 6.20. The molecule has 1 aromatic heterocycles. The summed E-state index contributed by atoms with van der Waals surface area (Å²) in [7, 11) is 0. The molecule has 0 amide bonds. The van der Waals surface area contributed by atoms with Gasteiger partial charge in [0.1, 0.15) is 12.7 Å². The van der Waals surface area contributed by atoms with E-state index in [1.165, 1.54) is 6.33 Å². The molecule has 0 spiro atoms. The number of aliphatic hydroxyl groups excluding tert-OH is 1. The number of morpholine rings is 1. The topological polar surface area (TPSA) is 81.9 Å². The zero-order valence-electron chi connectivity index (χ0n) is 13.4. The standard InChI is InChI=1S/C15H26N4O4/c20-13(9-21-10-14-2-1-4-22-14)6-18-3-5-23-15(7-18)8-19-12-16-11-17-19/h11-15,20H,1-10H2/t13-,14+,15+/m0/s1. The van der Waals surface area contributed by atoms with Gasteiger partial charge in [-0.3, -0.25) is 9.58 Å². The molecular formula is C15H26N4O4. The number of nitrogens with zero attached hydrogens (tertiary/aromatic N) is 4. The molecule has 23 heavy (non-hydrogen) atoms. The maximum absolute atomic E-state index is 10.1. The number of ether oxygens (including phenoxy) is 3. The van der Waals surface area contributed by atoms with Crippen molar-refractivity contribution in [2.75, 3.05) is 46.1 Å². The Morgan fingerprint density at radius 2 is 2.22 bits per heavy atom. The minimum absolute atomic E-state index is 0.0745. The molecule has 2 saturated heterocycles. The van der Waals surface area contributed by atoms with Crippen molar-refractivity contribution in [3.63, 3.8) is 0 Å². The average Bonchev–Trinajstić information content (AvgIpc) is 3.21. The quantitative estimate of drug-likeness (QED) is 0.692. The van der Waals surface area contributed by atoms with Crippen LogP contribution in [0, 0.1) is 0 Å². The van der Waals surface area contributed by atoms with E-state index in [1.807, 2.05) is 0 Å². The molecule has 0 bridgehead atoms. The molecule has 0 unspecified atom stereocenters. The molecule has 2 fully saturated rings. The van der Waals surface area contributed by atoms with Crippen LogP contribution in [0.4, 0.5) is 0 Å². The van der Waals surface area contributed by atoms with Crippen LogP contribution in [0.1, 0.15) is 12.8 Å². The monoisotopic (exact) mass is 326 g/mol. The van der Waals surface area contributed by atoms with Crippen molar-refractivity contribution >= 4 is 0 Å². The molecule has 3 heterocycles. The fourth-order valence-corrected chi connectivity index (χ4v) is 3.05. The lowest BCUT2D eigenvalue weighted by molar-refractivity contribution is -0.0631. The molecule has 3 rings (SSSR count). The van der Waals surface area contributed by atoms with Crippen LogP contribution in [0.15, 0.2) is 12.7 Å². The highest BCUT2D eigenvalue weighted by Gasteiger charge is 2.23. The van der Waals surface area contributed by atoms with E-state index in [0.29, 0.717) is 32.9 Å². The van der Waals surface area contributed by atoms with Crippen LogP contribution in [-0.4, -0.2) is 89.1 Å². The summed E-state index contributed by atoms with van der Waals surface area (Å²) in [4.78, 5) is 6.15. The van der Waals surface area contributed by atoms with Gasteiger partial charge in [-0.1, -0.05) is 0 Å². The molecule has 0 saturated carbocycles. The van der Waals surface area contributed by atoms with Crippen LogP contribution in [0.5, 0.6) is 0 Å². The lowest BCUT2D eigenvalue weighted by Crippen LogP contribution is -2.47. The van der Waals surface area contributed by atoms with Crippen LogP contribution in [0.25, 0.3) is 0 Å². The number of β-amino-alcohol motifs (C(OH)–C–C–N with tert-alkyl or cyclic N) is 1. The minimum Gasteiger partial charge on any atom is -0.389 e. The summed E-state index contributed by atoms with van der Waals surface area (Å²) < 4.78 is 18.6. The highest BCUT2D eigenvalue weighted by Crippen LogP contribution is 2.12. The van der Waals surface area contributed by atoms with Gasteiger partial charge in [0, 0.05) is 26.2 Å². The van der Waals surface area contributed by atoms with Gasteiger partial charge in [-0.05, 0) is 12.8 Å². The zero-order chi connectivity index (χ0) is 15.9. The molecule has 8 nitrogen and oxygen atoms in total. The smallest absolute Gasteiger partial charge is 0.137 e. The third-order valence-corrected chi connectivity index (χ3v) is 4.19. The van der Waals surface area contributed by atoms with E-state index < -0.39 is 6.10 Å². The molecule has 2 aliphatic heterocycles. The first kappa shape index (κ1) is 16.8. The van der Waals surface area contributed by atoms with Gasteiger partial charge in [-0.25, -0.2) is 4.98 Å². The molecule has 0 radical (unpaired) electrons. The molecule has 8 heteroatoms. The van der Waals surface area contributed by atoms with Crippen molar-refractivity contribution in [3.8, 4) is 0 Å². The van der Waals surface area contributed by atoms with Gasteiger partial charge in [0.25, 0.3) is 0 Å². The molecule has 1 aromatic rings. The van der Waals surface area contributed by atoms with E-state index >= 15 is 0 Å². The number of hydrogen-bond acceptors (Lipinski definition) is 7. The first-order valence-electron chi connectivity index (χ1n) is 8.33. The minimum atomic E-state index is -0.485. The van der Waals surface area contributed by atoms with Crippen molar-refractivity contribution in [2.24, 2.45) is 0 Å². The van der Waals surface area contributed by atoms with Gasteiger partial charge in [0.2, 0.25) is 0 Å². The summed E-state index contributed by atoms with van der Waals surface area (Å²) in [5, 5.41) is 14.2. The van der Waals surface area contributed by atoms with E-state index in [4.69, 9.17) is 14.2 Å². The van der Waals surface area contributed by atoms with Gasteiger partial charge in [-0.15, -0.1) is 0 Å². The van der Waals surface area contributed by atoms with Crippen LogP contribution in [-0.2, 0) is 20.8 Å². The fourth-order valence-electron chi connectivity index (χ4n) is 3.05. The van der Waals surface area contributed by atoms with Crippen LogP contribution >= 0.6 is 0 Å². The highest BCUT2D eigenvalue weighted by atomic mass is 16.5. The molecule has 1 N–H and O–H groups in total. The SMILES string of the molecule is O[C@H](COC[C@H]1CCCO1)CN1CCO[C@@H](Cn2cncn2)C1. The lowest BCUT2D eigenvalue weighted by atomic mass is 10.2. The Balaban J connectivity index is 1.33. The lowest BCUT2D eigenvalue weighted by Gasteiger charge is -2.33. The van der Waals surface area contributed by atoms with Crippen molar-refractivity contribution < 1.29 is 19.3 Å². The number of aliphatic hydroxyl groups is 1. The molecular weight excluding hydrogens is 300 g/mol. The maximum atomic E-state index is 10.1. The van der Waals surface area contributed by atoms with E-state index in [9.17, 15) is 5.11 Å². The molecule has 130 valence electrons. The summed E-state index contributed by atoms with van der Waals surface area (Å²) in [5.74, 6) is 0. The summed E-state index contributed by atoms with van der Waals surface area (Å²) in [5.41, 5.74) is 0.